The number of halogens is 1. The zero-order valence-electron chi connectivity index (χ0n) is 21.5. The fraction of sp³-hybridized carbons (Fsp3) is 0.452. The highest BCUT2D eigenvalue weighted by atomic mass is 79.9. The van der Waals surface area contributed by atoms with Gasteiger partial charge in [-0.25, -0.2) is 0 Å². The van der Waals surface area contributed by atoms with Crippen molar-refractivity contribution < 1.29 is 4.58 Å². The van der Waals surface area contributed by atoms with Crippen molar-refractivity contribution in [1.29, 1.82) is 0 Å². The molecule has 2 aliphatic rings. The molecular formula is C31H43BrN3+. The van der Waals surface area contributed by atoms with Crippen molar-refractivity contribution in [3.05, 3.63) is 78.4 Å². The van der Waals surface area contributed by atoms with E-state index in [4.69, 9.17) is 0 Å². The molecule has 0 unspecified atom stereocenters. The fourth-order valence-electron chi connectivity index (χ4n) is 5.20. The van der Waals surface area contributed by atoms with Crippen LogP contribution in [0, 0.1) is 0 Å². The van der Waals surface area contributed by atoms with E-state index in [1.807, 2.05) is 6.08 Å². The summed E-state index contributed by atoms with van der Waals surface area (Å²) in [6.45, 7) is 13.0. The minimum absolute atomic E-state index is 0. The van der Waals surface area contributed by atoms with Gasteiger partial charge in [0.2, 0.25) is 5.69 Å². The lowest BCUT2D eigenvalue weighted by molar-refractivity contribution is -0.424. The van der Waals surface area contributed by atoms with Crippen LogP contribution in [0.4, 0.5) is 11.4 Å². The second kappa shape index (κ2) is 14.4. The number of unbranched alkanes of at least 4 members (excludes halogenated alkanes) is 5. The highest BCUT2D eigenvalue weighted by Gasteiger charge is 2.26. The third-order valence-corrected chi connectivity index (χ3v) is 7.24. The predicted molar refractivity (Wildman–Crippen MR) is 158 cm³/mol. The van der Waals surface area contributed by atoms with Gasteiger partial charge >= 0.3 is 0 Å². The smallest absolute Gasteiger partial charge is 0.209 e. The number of piperazine rings is 1. The number of nitrogens with zero attached hydrogens (tertiary/aromatic N) is 3. The van der Waals surface area contributed by atoms with Gasteiger partial charge in [-0.15, -0.1) is 17.0 Å². The van der Waals surface area contributed by atoms with E-state index in [9.17, 15) is 0 Å². The maximum absolute atomic E-state index is 3.95. The summed E-state index contributed by atoms with van der Waals surface area (Å²) in [7, 11) is 0. The second-order valence-corrected chi connectivity index (χ2v) is 9.72. The highest BCUT2D eigenvalue weighted by Crippen LogP contribution is 2.27. The van der Waals surface area contributed by atoms with Crippen molar-refractivity contribution in [1.82, 2.24) is 4.90 Å². The molecule has 0 radical (unpaired) electrons. The Labute approximate surface area is 223 Å². The molecular weight excluding hydrogens is 494 g/mol. The number of hydrogen-bond donors (Lipinski definition) is 0. The minimum atomic E-state index is 0. The molecule has 2 aromatic carbocycles. The molecule has 188 valence electrons. The van der Waals surface area contributed by atoms with Crippen molar-refractivity contribution in [2.45, 2.75) is 51.9 Å². The molecule has 4 rings (SSSR count). The number of fused-ring (bicyclic) bond motifs is 1. The van der Waals surface area contributed by atoms with E-state index in [1.165, 1.54) is 86.4 Å². The molecule has 2 aliphatic heterocycles. The zero-order chi connectivity index (χ0) is 23.6. The van der Waals surface area contributed by atoms with Crippen molar-refractivity contribution in [2.75, 3.05) is 44.2 Å². The molecule has 0 amide bonds. The first kappa shape index (κ1) is 27.4. The van der Waals surface area contributed by atoms with E-state index >= 15 is 0 Å². The van der Waals surface area contributed by atoms with Gasteiger partial charge in [0.15, 0.2) is 12.3 Å². The Kier molecular flexibility index (Phi) is 11.3. The first-order chi connectivity index (χ1) is 16.8. The van der Waals surface area contributed by atoms with E-state index in [2.05, 4.69) is 88.6 Å². The lowest BCUT2D eigenvalue weighted by Gasteiger charge is -2.36. The summed E-state index contributed by atoms with van der Waals surface area (Å²) in [6, 6.07) is 17.8. The summed E-state index contributed by atoms with van der Waals surface area (Å²) < 4.78 is 2.37. The number of hydrogen-bond acceptors (Lipinski definition) is 2. The first-order valence-corrected chi connectivity index (χ1v) is 13.4. The van der Waals surface area contributed by atoms with Gasteiger partial charge in [-0.3, -0.25) is 4.90 Å². The summed E-state index contributed by atoms with van der Waals surface area (Å²) in [6.07, 6.45) is 15.8. The van der Waals surface area contributed by atoms with E-state index in [-0.39, 0.29) is 17.0 Å². The van der Waals surface area contributed by atoms with Crippen LogP contribution in [0.2, 0.25) is 0 Å². The lowest BCUT2D eigenvalue weighted by atomic mass is 10.1. The normalized spacial score (nSPS) is 16.0. The second-order valence-electron chi connectivity index (χ2n) is 9.72. The third kappa shape index (κ3) is 7.65. The molecule has 2 heterocycles. The van der Waals surface area contributed by atoms with Gasteiger partial charge in [-0.05, 0) is 42.8 Å². The van der Waals surface area contributed by atoms with Gasteiger partial charge < -0.3 is 4.90 Å². The fourth-order valence-corrected chi connectivity index (χ4v) is 5.20. The van der Waals surface area contributed by atoms with Gasteiger partial charge in [-0.2, -0.15) is 4.58 Å². The molecule has 1 saturated heterocycles. The number of allylic oxidation sites excluding steroid dienone is 1. The Morgan fingerprint density at radius 1 is 0.857 bits per heavy atom. The Morgan fingerprint density at radius 3 is 2.31 bits per heavy atom. The Morgan fingerprint density at radius 2 is 1.57 bits per heavy atom. The summed E-state index contributed by atoms with van der Waals surface area (Å²) >= 11 is 0. The maximum atomic E-state index is 3.95. The van der Waals surface area contributed by atoms with Crippen LogP contribution in [0.3, 0.4) is 0 Å². The van der Waals surface area contributed by atoms with E-state index in [0.717, 1.165) is 26.1 Å². The molecule has 0 N–H and O–H groups in total. The van der Waals surface area contributed by atoms with Crippen molar-refractivity contribution in [3.63, 3.8) is 0 Å². The molecule has 0 bridgehead atoms. The van der Waals surface area contributed by atoms with Crippen LogP contribution in [0.25, 0.3) is 6.08 Å². The summed E-state index contributed by atoms with van der Waals surface area (Å²) in [5.41, 5.74) is 6.66. The average molecular weight is 538 g/mol. The van der Waals surface area contributed by atoms with Gasteiger partial charge in [0.25, 0.3) is 0 Å². The van der Waals surface area contributed by atoms with Gasteiger partial charge in [0, 0.05) is 49.6 Å². The van der Waals surface area contributed by atoms with E-state index in [0.29, 0.717) is 0 Å². The minimum Gasteiger partial charge on any atom is -0.369 e. The van der Waals surface area contributed by atoms with Gasteiger partial charge in [0.1, 0.15) is 0 Å². The van der Waals surface area contributed by atoms with Crippen molar-refractivity contribution in [2.24, 2.45) is 0 Å². The summed E-state index contributed by atoms with van der Waals surface area (Å²) in [5.74, 6) is 0. The SMILES string of the molecule is Br.C=CC[N+]1=C(/C=C/c2ccc(N3CCN(CCCCCCCC)CC3)cc2)Cc2ccccc21. The maximum Gasteiger partial charge on any atom is 0.209 e. The van der Waals surface area contributed by atoms with Crippen LogP contribution in [-0.4, -0.2) is 54.5 Å². The van der Waals surface area contributed by atoms with Crippen molar-refractivity contribution >= 4 is 40.1 Å². The summed E-state index contributed by atoms with van der Waals surface area (Å²) in [5, 5.41) is 0. The average Bonchev–Trinajstić information content (AvgIpc) is 3.23. The molecule has 35 heavy (non-hydrogen) atoms. The Balaban J connectivity index is 0.00000342. The number of para-hydroxylation sites is 1. The van der Waals surface area contributed by atoms with Crippen LogP contribution in [0.5, 0.6) is 0 Å². The molecule has 4 heteroatoms. The molecule has 0 spiro atoms. The number of anilines is 1. The van der Waals surface area contributed by atoms with Crippen LogP contribution < -0.4 is 4.90 Å². The zero-order valence-corrected chi connectivity index (χ0v) is 23.2. The largest absolute Gasteiger partial charge is 0.369 e. The van der Waals surface area contributed by atoms with E-state index < -0.39 is 0 Å². The monoisotopic (exact) mass is 536 g/mol. The van der Waals surface area contributed by atoms with Crippen LogP contribution in [0.15, 0.2) is 67.3 Å². The van der Waals surface area contributed by atoms with Gasteiger partial charge in [0.05, 0.1) is 6.42 Å². The Bertz CT molecular complexity index is 985. The van der Waals surface area contributed by atoms with E-state index in [1.54, 1.807) is 0 Å². The molecule has 2 aromatic rings. The topological polar surface area (TPSA) is 9.49 Å². The van der Waals surface area contributed by atoms with Crippen LogP contribution in [-0.2, 0) is 6.42 Å². The van der Waals surface area contributed by atoms with Crippen molar-refractivity contribution in [3.8, 4) is 0 Å². The molecule has 3 nitrogen and oxygen atoms in total. The highest BCUT2D eigenvalue weighted by molar-refractivity contribution is 8.93. The lowest BCUT2D eigenvalue weighted by Crippen LogP contribution is -2.46. The molecule has 0 atom stereocenters. The molecule has 0 saturated carbocycles. The predicted octanol–water partition coefficient (Wildman–Crippen LogP) is 7.29. The summed E-state index contributed by atoms with van der Waals surface area (Å²) in [4.78, 5) is 5.19. The quantitative estimate of drug-likeness (QED) is 0.160. The third-order valence-electron chi connectivity index (χ3n) is 7.24. The molecule has 1 fully saturated rings. The first-order valence-electron chi connectivity index (χ1n) is 13.4. The van der Waals surface area contributed by atoms with Gasteiger partial charge in [-0.1, -0.05) is 75.9 Å². The Hall–Kier alpha value is -2.17. The number of benzene rings is 2. The number of rotatable bonds is 12. The van der Waals surface area contributed by atoms with Crippen LogP contribution in [0.1, 0.15) is 56.6 Å². The molecule has 0 aromatic heterocycles. The molecule has 0 aliphatic carbocycles. The van der Waals surface area contributed by atoms with Crippen LogP contribution >= 0.6 is 17.0 Å². The standard InChI is InChI=1S/C31H42N3.BrH/c1-3-5-6-7-8-11-21-32-22-24-33(25-23-32)29-17-14-27(15-18-29)16-19-30-26-28-12-9-10-13-31(28)34(30)20-4-2;/h4,9-10,12-19H,2-3,5-8,11,20-26H2,1H3;1H/q+1;.